The van der Waals surface area contributed by atoms with Crippen molar-refractivity contribution in [2.75, 3.05) is 6.54 Å². The van der Waals surface area contributed by atoms with E-state index in [4.69, 9.17) is 5.73 Å². The maximum atomic E-state index is 13.4. The zero-order valence-electron chi connectivity index (χ0n) is 17.4. The molecule has 3 heterocycles. The minimum absolute atomic E-state index is 0.0704. The number of benzene rings is 1. The highest BCUT2D eigenvalue weighted by Gasteiger charge is 2.33. The van der Waals surface area contributed by atoms with Crippen molar-refractivity contribution in [3.05, 3.63) is 67.9 Å². The normalized spacial score (nSPS) is 16.4. The highest BCUT2D eigenvalue weighted by atomic mass is 32.1. The van der Waals surface area contributed by atoms with Crippen LogP contribution in [0.3, 0.4) is 0 Å². The standard InChI is InChI=1S/C23H25N3O3S/c1-13-11-14(2)25(3)22(28)19(13)23(29)26-10-6-7-15(26)12-17-16-8-4-5-9-18(16)30-20(17)21(24)27/h4-5,8-9,11,15H,6-7,10,12H2,1-3H3,(H2,24,27)/t15-/m0/s1. The number of carbonyl (C=O) groups is 2. The van der Waals surface area contributed by atoms with Crippen LogP contribution in [0.2, 0.25) is 0 Å². The van der Waals surface area contributed by atoms with Crippen molar-refractivity contribution < 1.29 is 9.59 Å². The summed E-state index contributed by atoms with van der Waals surface area (Å²) in [5.41, 5.74) is 8.06. The molecular formula is C23H25N3O3S. The lowest BCUT2D eigenvalue weighted by molar-refractivity contribution is 0.0733. The second kappa shape index (κ2) is 7.72. The summed E-state index contributed by atoms with van der Waals surface area (Å²) >= 11 is 1.40. The number of aromatic nitrogens is 1. The van der Waals surface area contributed by atoms with E-state index in [1.807, 2.05) is 44.2 Å². The van der Waals surface area contributed by atoms with Crippen molar-refractivity contribution in [2.45, 2.75) is 39.2 Å². The summed E-state index contributed by atoms with van der Waals surface area (Å²) in [6.45, 7) is 4.27. The van der Waals surface area contributed by atoms with E-state index in [-0.39, 0.29) is 23.1 Å². The first kappa shape index (κ1) is 20.3. The number of fused-ring (bicyclic) bond motifs is 1. The van der Waals surface area contributed by atoms with Gasteiger partial charge in [0.2, 0.25) is 0 Å². The molecule has 0 saturated carbocycles. The molecule has 2 amide bonds. The van der Waals surface area contributed by atoms with E-state index in [0.717, 1.165) is 34.2 Å². The van der Waals surface area contributed by atoms with Gasteiger partial charge in [0.25, 0.3) is 17.4 Å². The van der Waals surface area contributed by atoms with E-state index in [1.54, 1.807) is 11.9 Å². The van der Waals surface area contributed by atoms with Gasteiger partial charge in [0.05, 0.1) is 4.88 Å². The lowest BCUT2D eigenvalue weighted by atomic mass is 9.99. The number of hydrogen-bond donors (Lipinski definition) is 1. The van der Waals surface area contributed by atoms with Crippen LogP contribution in [0.5, 0.6) is 0 Å². The Morgan fingerprint density at radius 2 is 1.97 bits per heavy atom. The molecule has 7 heteroatoms. The van der Waals surface area contributed by atoms with Crippen molar-refractivity contribution in [1.82, 2.24) is 9.47 Å². The molecule has 0 spiro atoms. The van der Waals surface area contributed by atoms with Gasteiger partial charge in [-0.2, -0.15) is 0 Å². The van der Waals surface area contributed by atoms with Gasteiger partial charge in [-0.3, -0.25) is 14.4 Å². The molecule has 0 radical (unpaired) electrons. The van der Waals surface area contributed by atoms with Crippen molar-refractivity contribution in [2.24, 2.45) is 12.8 Å². The summed E-state index contributed by atoms with van der Waals surface area (Å²) in [6, 6.07) is 9.66. The molecule has 1 aliphatic heterocycles. The van der Waals surface area contributed by atoms with Gasteiger partial charge in [-0.05, 0) is 61.8 Å². The van der Waals surface area contributed by atoms with Crippen LogP contribution in [-0.2, 0) is 13.5 Å². The third-order valence-electron chi connectivity index (χ3n) is 6.08. The van der Waals surface area contributed by atoms with Crippen molar-refractivity contribution in [3.63, 3.8) is 0 Å². The first-order valence-electron chi connectivity index (χ1n) is 10.1. The quantitative estimate of drug-likeness (QED) is 0.699. The van der Waals surface area contributed by atoms with Gasteiger partial charge >= 0.3 is 0 Å². The van der Waals surface area contributed by atoms with Gasteiger partial charge in [-0.15, -0.1) is 11.3 Å². The number of pyridine rings is 1. The molecule has 1 aliphatic rings. The Morgan fingerprint density at radius 3 is 2.70 bits per heavy atom. The van der Waals surface area contributed by atoms with Crippen molar-refractivity contribution in [1.29, 1.82) is 0 Å². The Bertz CT molecular complexity index is 1220. The minimum Gasteiger partial charge on any atom is -0.365 e. The third-order valence-corrected chi connectivity index (χ3v) is 7.31. The molecular weight excluding hydrogens is 398 g/mol. The molecule has 1 atom stereocenters. The molecule has 1 fully saturated rings. The maximum Gasteiger partial charge on any atom is 0.263 e. The number of nitrogens with two attached hydrogens (primary N) is 1. The molecule has 1 aromatic carbocycles. The maximum absolute atomic E-state index is 13.4. The molecule has 3 aromatic rings. The topological polar surface area (TPSA) is 85.4 Å². The zero-order chi connectivity index (χ0) is 21.6. The zero-order valence-corrected chi connectivity index (χ0v) is 18.2. The van der Waals surface area contributed by atoms with Crippen molar-refractivity contribution in [3.8, 4) is 0 Å². The second-order valence-corrected chi connectivity index (χ2v) is 9.03. The highest BCUT2D eigenvalue weighted by Crippen LogP contribution is 2.34. The van der Waals surface area contributed by atoms with Crippen LogP contribution >= 0.6 is 11.3 Å². The van der Waals surface area contributed by atoms with Crippen LogP contribution in [0.4, 0.5) is 0 Å². The molecule has 0 aliphatic carbocycles. The Kier molecular flexibility index (Phi) is 5.24. The summed E-state index contributed by atoms with van der Waals surface area (Å²) in [6.07, 6.45) is 2.26. The number of rotatable bonds is 4. The third kappa shape index (κ3) is 3.33. The van der Waals surface area contributed by atoms with E-state index in [2.05, 4.69) is 0 Å². The highest BCUT2D eigenvalue weighted by molar-refractivity contribution is 7.21. The monoisotopic (exact) mass is 423 g/mol. The van der Waals surface area contributed by atoms with Crippen LogP contribution in [0.15, 0.2) is 35.1 Å². The molecule has 156 valence electrons. The van der Waals surface area contributed by atoms with Gasteiger partial charge in [0, 0.05) is 30.0 Å². The molecule has 4 rings (SSSR count). The molecule has 30 heavy (non-hydrogen) atoms. The minimum atomic E-state index is -0.440. The second-order valence-electron chi connectivity index (χ2n) is 7.98. The average Bonchev–Trinajstić information content (AvgIpc) is 3.31. The number of nitrogens with zero attached hydrogens (tertiary/aromatic N) is 2. The van der Waals surface area contributed by atoms with Crippen LogP contribution < -0.4 is 11.3 Å². The number of hydrogen-bond acceptors (Lipinski definition) is 4. The molecule has 1 saturated heterocycles. The van der Waals surface area contributed by atoms with Gasteiger partial charge < -0.3 is 15.2 Å². The average molecular weight is 424 g/mol. The number of carbonyl (C=O) groups excluding carboxylic acids is 2. The molecule has 2 aromatic heterocycles. The fourth-order valence-electron chi connectivity index (χ4n) is 4.43. The number of aryl methyl sites for hydroxylation is 2. The first-order valence-corrected chi connectivity index (χ1v) is 10.9. The van der Waals surface area contributed by atoms with Crippen molar-refractivity contribution >= 4 is 33.2 Å². The fraction of sp³-hybridized carbons (Fsp3) is 0.348. The van der Waals surface area contributed by atoms with Crippen LogP contribution in [-0.4, -0.2) is 33.9 Å². The van der Waals surface area contributed by atoms with Crippen LogP contribution in [0, 0.1) is 13.8 Å². The largest absolute Gasteiger partial charge is 0.365 e. The van der Waals surface area contributed by atoms with Gasteiger partial charge in [-0.25, -0.2) is 0 Å². The Hall–Kier alpha value is -2.93. The Balaban J connectivity index is 1.71. The summed E-state index contributed by atoms with van der Waals surface area (Å²) in [4.78, 5) is 40.6. The van der Waals surface area contributed by atoms with E-state index in [9.17, 15) is 14.4 Å². The van der Waals surface area contributed by atoms with E-state index in [1.165, 1.54) is 15.9 Å². The van der Waals surface area contributed by atoms with Gasteiger partial charge in [0.15, 0.2) is 0 Å². The summed E-state index contributed by atoms with van der Waals surface area (Å²) in [7, 11) is 1.69. The number of thiophene rings is 1. The molecule has 6 nitrogen and oxygen atoms in total. The van der Waals surface area contributed by atoms with E-state index >= 15 is 0 Å². The number of primary amides is 1. The summed E-state index contributed by atoms with van der Waals surface area (Å²) < 4.78 is 2.53. The summed E-state index contributed by atoms with van der Waals surface area (Å²) in [5.74, 6) is -0.666. The van der Waals surface area contributed by atoms with Gasteiger partial charge in [0.1, 0.15) is 5.56 Å². The van der Waals surface area contributed by atoms with E-state index < -0.39 is 5.91 Å². The Labute approximate surface area is 178 Å². The van der Waals surface area contributed by atoms with E-state index in [0.29, 0.717) is 23.4 Å². The van der Waals surface area contributed by atoms with Crippen LogP contribution in [0.25, 0.3) is 10.1 Å². The molecule has 2 N–H and O–H groups in total. The summed E-state index contributed by atoms with van der Waals surface area (Å²) in [5, 5.41) is 1.01. The molecule has 0 bridgehead atoms. The predicted octanol–water partition coefficient (Wildman–Crippen LogP) is 3.16. The SMILES string of the molecule is Cc1cc(C)n(C)c(=O)c1C(=O)N1CCC[C@H]1Cc1c(C(N)=O)sc2ccccc12. The Morgan fingerprint density at radius 1 is 1.23 bits per heavy atom. The number of amides is 2. The fourth-order valence-corrected chi connectivity index (χ4v) is 5.52. The van der Waals surface area contributed by atoms with Crippen LogP contribution in [0.1, 0.15) is 49.7 Å². The first-order chi connectivity index (χ1) is 14.3. The predicted molar refractivity (Wildman–Crippen MR) is 119 cm³/mol. The number of likely N-dealkylation sites (tertiary alicyclic amines) is 1. The van der Waals surface area contributed by atoms with Gasteiger partial charge in [-0.1, -0.05) is 18.2 Å². The smallest absolute Gasteiger partial charge is 0.263 e. The molecule has 0 unspecified atom stereocenters. The lowest BCUT2D eigenvalue weighted by Crippen LogP contribution is -2.41. The lowest BCUT2D eigenvalue weighted by Gasteiger charge is -2.26.